The summed E-state index contributed by atoms with van der Waals surface area (Å²) in [7, 11) is 0. The van der Waals surface area contributed by atoms with E-state index in [1.54, 1.807) is 0 Å². The molecule has 0 saturated heterocycles. The van der Waals surface area contributed by atoms with Crippen molar-refractivity contribution in [1.82, 2.24) is 0 Å². The van der Waals surface area contributed by atoms with E-state index in [9.17, 15) is 0 Å². The van der Waals surface area contributed by atoms with E-state index in [0.717, 1.165) is 34.7 Å². The summed E-state index contributed by atoms with van der Waals surface area (Å²) < 4.78 is 11.6. The van der Waals surface area contributed by atoms with Crippen LogP contribution in [0.15, 0.2) is 36.4 Å². The van der Waals surface area contributed by atoms with Crippen LogP contribution in [-0.4, -0.2) is 13.2 Å². The molecule has 21 heavy (non-hydrogen) atoms. The minimum absolute atomic E-state index is 0.620. The van der Waals surface area contributed by atoms with Crippen LogP contribution in [0.3, 0.4) is 0 Å². The van der Waals surface area contributed by atoms with Crippen LogP contribution in [0.25, 0.3) is 0 Å². The maximum absolute atomic E-state index is 5.85. The number of ether oxygens (including phenoxy) is 2. The summed E-state index contributed by atoms with van der Waals surface area (Å²) in [5.41, 5.74) is 9.98. The molecule has 0 heterocycles. The number of nitrogens with two attached hydrogens (primary N) is 1. The second kappa shape index (κ2) is 7.02. The van der Waals surface area contributed by atoms with Gasteiger partial charge in [-0.3, -0.25) is 0 Å². The Hall–Kier alpha value is -2.16. The Morgan fingerprint density at radius 3 is 2.38 bits per heavy atom. The first kappa shape index (κ1) is 15.2. The second-order valence-corrected chi connectivity index (χ2v) is 5.29. The van der Waals surface area contributed by atoms with Gasteiger partial charge in [0.1, 0.15) is 11.5 Å². The number of anilines is 1. The Morgan fingerprint density at radius 1 is 0.905 bits per heavy atom. The van der Waals surface area contributed by atoms with Crippen LogP contribution in [0.4, 0.5) is 5.69 Å². The Morgan fingerprint density at radius 2 is 1.62 bits per heavy atom. The van der Waals surface area contributed by atoms with Gasteiger partial charge in [0.05, 0.1) is 13.2 Å². The van der Waals surface area contributed by atoms with E-state index in [1.807, 2.05) is 25.1 Å². The van der Waals surface area contributed by atoms with Crippen LogP contribution >= 0.6 is 0 Å². The zero-order valence-electron chi connectivity index (χ0n) is 13.0. The summed E-state index contributed by atoms with van der Waals surface area (Å²) in [6.07, 6.45) is 0.835. The molecule has 2 aromatic carbocycles. The quantitative estimate of drug-likeness (QED) is 0.643. The number of rotatable bonds is 6. The largest absolute Gasteiger partial charge is 0.493 e. The van der Waals surface area contributed by atoms with E-state index in [-0.39, 0.29) is 0 Å². The molecule has 0 aliphatic rings. The van der Waals surface area contributed by atoms with E-state index < -0.39 is 0 Å². The molecule has 0 radical (unpaired) electrons. The monoisotopic (exact) mass is 285 g/mol. The zero-order valence-corrected chi connectivity index (χ0v) is 13.0. The predicted molar refractivity (Wildman–Crippen MR) is 87.1 cm³/mol. The van der Waals surface area contributed by atoms with E-state index >= 15 is 0 Å². The first-order valence-electron chi connectivity index (χ1n) is 7.26. The highest BCUT2D eigenvalue weighted by Gasteiger charge is 2.03. The first-order chi connectivity index (χ1) is 10.1. The number of nitrogen functional groups attached to an aromatic ring is 1. The molecule has 0 unspecified atom stereocenters. The van der Waals surface area contributed by atoms with Gasteiger partial charge in [0.2, 0.25) is 0 Å². The molecule has 2 N–H and O–H groups in total. The van der Waals surface area contributed by atoms with Crippen LogP contribution < -0.4 is 15.2 Å². The maximum Gasteiger partial charge on any atom is 0.124 e. The van der Waals surface area contributed by atoms with Gasteiger partial charge in [0.25, 0.3) is 0 Å². The van der Waals surface area contributed by atoms with Crippen molar-refractivity contribution in [2.45, 2.75) is 27.2 Å². The average molecular weight is 285 g/mol. The van der Waals surface area contributed by atoms with Gasteiger partial charge in [0, 0.05) is 17.7 Å². The van der Waals surface area contributed by atoms with Gasteiger partial charge in [-0.25, -0.2) is 0 Å². The molecule has 0 aliphatic carbocycles. The third-order valence-corrected chi connectivity index (χ3v) is 3.47. The number of aryl methyl sites for hydroxylation is 2. The molecule has 0 aliphatic heterocycles. The third kappa shape index (κ3) is 4.15. The lowest BCUT2D eigenvalue weighted by Crippen LogP contribution is -2.06. The third-order valence-electron chi connectivity index (χ3n) is 3.47. The van der Waals surface area contributed by atoms with E-state index in [1.165, 1.54) is 5.56 Å². The molecule has 2 rings (SSSR count). The molecule has 2 aromatic rings. The van der Waals surface area contributed by atoms with Crippen molar-refractivity contribution in [3.05, 3.63) is 53.1 Å². The van der Waals surface area contributed by atoms with Gasteiger partial charge in [-0.1, -0.05) is 18.2 Å². The highest BCUT2D eigenvalue weighted by Crippen LogP contribution is 2.23. The maximum atomic E-state index is 5.85. The van der Waals surface area contributed by atoms with E-state index in [2.05, 4.69) is 32.0 Å². The van der Waals surface area contributed by atoms with Crippen LogP contribution in [0.1, 0.15) is 23.1 Å². The fraction of sp³-hybridized carbons (Fsp3) is 0.333. The molecule has 112 valence electrons. The molecular weight excluding hydrogens is 262 g/mol. The van der Waals surface area contributed by atoms with Crippen molar-refractivity contribution >= 4 is 5.69 Å². The number of hydrogen-bond acceptors (Lipinski definition) is 3. The summed E-state index contributed by atoms with van der Waals surface area (Å²) in [5, 5.41) is 0. The van der Waals surface area contributed by atoms with Crippen LogP contribution in [-0.2, 0) is 0 Å². The molecule has 0 spiro atoms. The minimum atomic E-state index is 0.620. The molecule has 0 saturated carbocycles. The molecular formula is C18H23NO2. The summed E-state index contributed by atoms with van der Waals surface area (Å²) in [5.74, 6) is 1.80. The van der Waals surface area contributed by atoms with Crippen LogP contribution in [0, 0.1) is 20.8 Å². The molecule has 0 aromatic heterocycles. The number of hydrogen-bond donors (Lipinski definition) is 1. The minimum Gasteiger partial charge on any atom is -0.493 e. The average Bonchev–Trinajstić information content (AvgIpc) is 2.46. The zero-order chi connectivity index (χ0) is 15.2. The molecule has 3 heteroatoms. The SMILES string of the molecule is Cc1ccc(C)c(OCCCOc2cccc(N)c2C)c1. The van der Waals surface area contributed by atoms with Gasteiger partial charge in [-0.2, -0.15) is 0 Å². The van der Waals surface area contributed by atoms with Crippen molar-refractivity contribution in [2.24, 2.45) is 0 Å². The fourth-order valence-electron chi connectivity index (χ4n) is 2.07. The van der Waals surface area contributed by atoms with Crippen molar-refractivity contribution in [3.8, 4) is 11.5 Å². The Balaban J connectivity index is 1.78. The predicted octanol–water partition coefficient (Wildman–Crippen LogP) is 4.04. The van der Waals surface area contributed by atoms with Crippen molar-refractivity contribution in [2.75, 3.05) is 18.9 Å². The van der Waals surface area contributed by atoms with Gasteiger partial charge >= 0.3 is 0 Å². The van der Waals surface area contributed by atoms with Gasteiger partial charge in [-0.15, -0.1) is 0 Å². The molecule has 0 amide bonds. The summed E-state index contributed by atoms with van der Waals surface area (Å²) in [6, 6.07) is 12.0. The topological polar surface area (TPSA) is 44.5 Å². The lowest BCUT2D eigenvalue weighted by molar-refractivity contribution is 0.246. The summed E-state index contributed by atoms with van der Waals surface area (Å²) >= 11 is 0. The van der Waals surface area contributed by atoms with Crippen LogP contribution in [0.5, 0.6) is 11.5 Å². The van der Waals surface area contributed by atoms with Crippen LogP contribution in [0.2, 0.25) is 0 Å². The Kier molecular flexibility index (Phi) is 5.09. The van der Waals surface area contributed by atoms with Gasteiger partial charge in [0.15, 0.2) is 0 Å². The smallest absolute Gasteiger partial charge is 0.124 e. The lowest BCUT2D eigenvalue weighted by atomic mass is 10.1. The molecule has 3 nitrogen and oxygen atoms in total. The highest BCUT2D eigenvalue weighted by atomic mass is 16.5. The lowest BCUT2D eigenvalue weighted by Gasteiger charge is -2.12. The van der Waals surface area contributed by atoms with E-state index in [0.29, 0.717) is 13.2 Å². The first-order valence-corrected chi connectivity index (χ1v) is 7.26. The van der Waals surface area contributed by atoms with Gasteiger partial charge in [-0.05, 0) is 50.1 Å². The second-order valence-electron chi connectivity index (χ2n) is 5.29. The Labute approximate surface area is 126 Å². The van der Waals surface area contributed by atoms with Crippen molar-refractivity contribution < 1.29 is 9.47 Å². The molecule has 0 atom stereocenters. The number of benzene rings is 2. The van der Waals surface area contributed by atoms with E-state index in [4.69, 9.17) is 15.2 Å². The van der Waals surface area contributed by atoms with Crippen molar-refractivity contribution in [3.63, 3.8) is 0 Å². The Bertz CT molecular complexity index is 604. The summed E-state index contributed by atoms with van der Waals surface area (Å²) in [4.78, 5) is 0. The normalized spacial score (nSPS) is 10.4. The van der Waals surface area contributed by atoms with Crippen molar-refractivity contribution in [1.29, 1.82) is 0 Å². The molecule has 0 fully saturated rings. The van der Waals surface area contributed by atoms with Gasteiger partial charge < -0.3 is 15.2 Å². The molecule has 0 bridgehead atoms. The standard InChI is InChI=1S/C18H23NO2/c1-13-8-9-14(2)18(12-13)21-11-5-10-20-17-7-4-6-16(19)15(17)3/h4,6-9,12H,5,10-11,19H2,1-3H3. The highest BCUT2D eigenvalue weighted by molar-refractivity contribution is 5.53. The summed E-state index contributed by atoms with van der Waals surface area (Å²) in [6.45, 7) is 7.36. The fourth-order valence-corrected chi connectivity index (χ4v) is 2.07.